The van der Waals surface area contributed by atoms with Crippen LogP contribution < -0.4 is 10.6 Å². The van der Waals surface area contributed by atoms with Gasteiger partial charge >= 0.3 is 0 Å². The third kappa shape index (κ3) is 4.62. The van der Waals surface area contributed by atoms with Gasteiger partial charge in [-0.25, -0.2) is 4.98 Å². The van der Waals surface area contributed by atoms with Gasteiger partial charge in [0.1, 0.15) is 0 Å². The molecule has 0 aliphatic heterocycles. The highest BCUT2D eigenvalue weighted by molar-refractivity contribution is 7.80. The highest BCUT2D eigenvalue weighted by Crippen LogP contribution is 2.22. The van der Waals surface area contributed by atoms with Crippen molar-refractivity contribution in [3.63, 3.8) is 0 Å². The lowest BCUT2D eigenvalue weighted by molar-refractivity contribution is 0.873. The molecule has 1 aromatic carbocycles. The molecule has 100 valence electrons. The lowest BCUT2D eigenvalue weighted by Gasteiger charge is -2.08. The average molecular weight is 332 g/mol. The summed E-state index contributed by atoms with van der Waals surface area (Å²) in [6.45, 7) is 0.717. The number of benzene rings is 1. The van der Waals surface area contributed by atoms with Gasteiger partial charge in [-0.15, -0.1) is 11.3 Å². The zero-order valence-electron chi connectivity index (χ0n) is 9.82. The third-order valence-electron chi connectivity index (χ3n) is 2.34. The second kappa shape index (κ2) is 7.05. The molecule has 0 bridgehead atoms. The second-order valence-corrected chi connectivity index (χ2v) is 5.83. The van der Waals surface area contributed by atoms with Crippen LogP contribution in [0.25, 0.3) is 0 Å². The van der Waals surface area contributed by atoms with E-state index in [1.54, 1.807) is 12.3 Å². The standard InChI is InChI=1S/C12H11Cl2N3S2/c13-9-2-1-8(7-10(9)14)3-4-15-11(18)17-12-16-5-6-19-12/h1-2,5-7H,3-4H2,(H2,15,16,17,18). The van der Waals surface area contributed by atoms with Crippen molar-refractivity contribution in [2.24, 2.45) is 0 Å². The van der Waals surface area contributed by atoms with Gasteiger partial charge in [-0.1, -0.05) is 29.3 Å². The predicted molar refractivity (Wildman–Crippen MR) is 86.5 cm³/mol. The normalized spacial score (nSPS) is 10.2. The van der Waals surface area contributed by atoms with Crippen LogP contribution in [0.2, 0.25) is 10.0 Å². The van der Waals surface area contributed by atoms with E-state index in [0.29, 0.717) is 15.2 Å². The van der Waals surface area contributed by atoms with Crippen LogP contribution in [-0.4, -0.2) is 16.6 Å². The summed E-state index contributed by atoms with van der Waals surface area (Å²) >= 11 is 18.5. The minimum Gasteiger partial charge on any atom is -0.362 e. The molecule has 0 saturated carbocycles. The van der Waals surface area contributed by atoms with E-state index in [1.165, 1.54) is 11.3 Å². The third-order valence-corrected chi connectivity index (χ3v) is 4.01. The van der Waals surface area contributed by atoms with Crippen LogP contribution >= 0.6 is 46.8 Å². The molecular formula is C12H11Cl2N3S2. The Bertz CT molecular complexity index is 558. The molecule has 0 aliphatic rings. The first-order valence-corrected chi connectivity index (χ1v) is 7.58. The van der Waals surface area contributed by atoms with Gasteiger partial charge in [0, 0.05) is 18.1 Å². The average Bonchev–Trinajstić information content (AvgIpc) is 2.86. The fourth-order valence-electron chi connectivity index (χ4n) is 1.44. The summed E-state index contributed by atoms with van der Waals surface area (Å²) in [6.07, 6.45) is 2.54. The molecule has 0 amide bonds. The molecule has 0 unspecified atom stereocenters. The van der Waals surface area contributed by atoms with Crippen molar-refractivity contribution in [2.45, 2.75) is 6.42 Å². The van der Waals surface area contributed by atoms with Crippen molar-refractivity contribution in [3.05, 3.63) is 45.4 Å². The maximum atomic E-state index is 5.95. The lowest BCUT2D eigenvalue weighted by atomic mass is 10.1. The Morgan fingerprint density at radius 2 is 2.16 bits per heavy atom. The largest absolute Gasteiger partial charge is 0.362 e. The van der Waals surface area contributed by atoms with Gasteiger partial charge < -0.3 is 10.6 Å². The van der Waals surface area contributed by atoms with Crippen LogP contribution in [0, 0.1) is 0 Å². The molecule has 2 rings (SSSR count). The number of thiocarbonyl (C=S) groups is 1. The van der Waals surface area contributed by atoms with Crippen molar-refractivity contribution in [1.82, 2.24) is 10.3 Å². The number of aromatic nitrogens is 1. The number of halogens is 2. The van der Waals surface area contributed by atoms with E-state index in [4.69, 9.17) is 35.4 Å². The van der Waals surface area contributed by atoms with Gasteiger partial charge in [-0.2, -0.15) is 0 Å². The van der Waals surface area contributed by atoms with Crippen LogP contribution in [0.15, 0.2) is 29.8 Å². The highest BCUT2D eigenvalue weighted by Gasteiger charge is 2.01. The molecule has 0 aliphatic carbocycles. The van der Waals surface area contributed by atoms with Gasteiger partial charge in [0.05, 0.1) is 10.0 Å². The maximum Gasteiger partial charge on any atom is 0.188 e. The maximum absolute atomic E-state index is 5.95. The number of rotatable bonds is 4. The fourth-order valence-corrected chi connectivity index (χ4v) is 2.56. The molecule has 7 heteroatoms. The van der Waals surface area contributed by atoms with E-state index in [2.05, 4.69) is 15.6 Å². The summed E-state index contributed by atoms with van der Waals surface area (Å²) in [7, 11) is 0. The number of nitrogens with one attached hydrogen (secondary N) is 2. The molecule has 19 heavy (non-hydrogen) atoms. The smallest absolute Gasteiger partial charge is 0.188 e. The van der Waals surface area contributed by atoms with Crippen molar-refractivity contribution < 1.29 is 0 Å². The summed E-state index contributed by atoms with van der Waals surface area (Å²) in [5.74, 6) is 0. The zero-order chi connectivity index (χ0) is 13.7. The van der Waals surface area contributed by atoms with Gasteiger partial charge in [-0.05, 0) is 36.3 Å². The first-order chi connectivity index (χ1) is 9.15. The van der Waals surface area contributed by atoms with Crippen molar-refractivity contribution >= 4 is 57.0 Å². The summed E-state index contributed by atoms with van der Waals surface area (Å²) in [4.78, 5) is 4.09. The minimum absolute atomic E-state index is 0.565. The SMILES string of the molecule is S=C(NCCc1ccc(Cl)c(Cl)c1)Nc1nccs1. The Morgan fingerprint density at radius 1 is 1.32 bits per heavy atom. The Hall–Kier alpha value is -0.880. The van der Waals surface area contributed by atoms with E-state index in [-0.39, 0.29) is 0 Å². The lowest BCUT2D eigenvalue weighted by Crippen LogP contribution is -2.30. The van der Waals surface area contributed by atoms with Crippen LogP contribution in [0.4, 0.5) is 5.13 Å². The number of anilines is 1. The topological polar surface area (TPSA) is 37.0 Å². The predicted octanol–water partition coefficient (Wildman–Crippen LogP) is 3.98. The van der Waals surface area contributed by atoms with Crippen LogP contribution in [0.3, 0.4) is 0 Å². The monoisotopic (exact) mass is 331 g/mol. The fraction of sp³-hybridized carbons (Fsp3) is 0.167. The molecule has 2 aromatic rings. The van der Waals surface area contributed by atoms with E-state index in [0.717, 1.165) is 23.7 Å². The van der Waals surface area contributed by atoms with Gasteiger partial charge in [0.2, 0.25) is 0 Å². The van der Waals surface area contributed by atoms with Gasteiger partial charge in [-0.3, -0.25) is 0 Å². The number of thiazole rings is 1. The first kappa shape index (κ1) is 14.5. The Kier molecular flexibility index (Phi) is 5.39. The summed E-state index contributed by atoms with van der Waals surface area (Å²) in [5, 5.41) is 10.5. The molecule has 2 N–H and O–H groups in total. The highest BCUT2D eigenvalue weighted by atomic mass is 35.5. The van der Waals surface area contributed by atoms with E-state index < -0.39 is 0 Å². The quantitative estimate of drug-likeness (QED) is 0.831. The Morgan fingerprint density at radius 3 is 2.84 bits per heavy atom. The molecular weight excluding hydrogens is 321 g/mol. The molecule has 1 heterocycles. The summed E-state index contributed by atoms with van der Waals surface area (Å²) in [5.41, 5.74) is 1.11. The van der Waals surface area contributed by atoms with Crippen molar-refractivity contribution in [1.29, 1.82) is 0 Å². The minimum atomic E-state index is 0.565. The van der Waals surface area contributed by atoms with Crippen LogP contribution in [0.5, 0.6) is 0 Å². The molecule has 0 spiro atoms. The van der Waals surface area contributed by atoms with Gasteiger partial charge in [0.25, 0.3) is 0 Å². The van der Waals surface area contributed by atoms with Crippen molar-refractivity contribution in [2.75, 3.05) is 11.9 Å². The van der Waals surface area contributed by atoms with Gasteiger partial charge in [0.15, 0.2) is 10.2 Å². The molecule has 0 radical (unpaired) electrons. The number of nitrogens with zero attached hydrogens (tertiary/aromatic N) is 1. The van der Waals surface area contributed by atoms with Crippen molar-refractivity contribution in [3.8, 4) is 0 Å². The van der Waals surface area contributed by atoms with E-state index >= 15 is 0 Å². The zero-order valence-corrected chi connectivity index (χ0v) is 13.0. The van der Waals surface area contributed by atoms with E-state index in [1.807, 2.05) is 17.5 Å². The molecule has 0 atom stereocenters. The number of hydrogen-bond donors (Lipinski definition) is 2. The summed E-state index contributed by atoms with van der Waals surface area (Å²) in [6, 6.07) is 5.61. The van der Waals surface area contributed by atoms with Crippen LogP contribution in [-0.2, 0) is 6.42 Å². The van der Waals surface area contributed by atoms with E-state index in [9.17, 15) is 0 Å². The Labute approximate surface area is 131 Å². The Balaban J connectivity index is 1.76. The molecule has 3 nitrogen and oxygen atoms in total. The van der Waals surface area contributed by atoms with Crippen LogP contribution in [0.1, 0.15) is 5.56 Å². The first-order valence-electron chi connectivity index (χ1n) is 5.53. The molecule has 1 aromatic heterocycles. The second-order valence-electron chi connectivity index (χ2n) is 3.72. The molecule has 0 fully saturated rings. The number of hydrogen-bond acceptors (Lipinski definition) is 3. The molecule has 0 saturated heterocycles. The summed E-state index contributed by atoms with van der Waals surface area (Å²) < 4.78 is 0.